The van der Waals surface area contributed by atoms with Gasteiger partial charge in [0.1, 0.15) is 0 Å². The number of aryl methyl sites for hydroxylation is 1. The zero-order chi connectivity index (χ0) is 18.7. The standard InChI is InChI=1S/C17H18N4O4S/c1-11-2-5-13(6-3-11)26(24,25)18-9-8-16(22)19-12-4-7-14-15(10-12)21-17(23)20-14/h2-7,10,18H,8-9H2,1H3,(H,19,22)(H2,20,21,23). The molecule has 2 aromatic carbocycles. The average molecular weight is 374 g/mol. The summed E-state index contributed by atoms with van der Waals surface area (Å²) in [5.41, 5.74) is 2.36. The van der Waals surface area contributed by atoms with Crippen molar-refractivity contribution in [3.05, 3.63) is 58.5 Å². The van der Waals surface area contributed by atoms with E-state index in [1.807, 2.05) is 6.92 Å². The summed E-state index contributed by atoms with van der Waals surface area (Å²) >= 11 is 0. The fourth-order valence-corrected chi connectivity index (χ4v) is 3.47. The molecule has 0 saturated heterocycles. The number of rotatable bonds is 6. The van der Waals surface area contributed by atoms with Gasteiger partial charge in [0.05, 0.1) is 15.9 Å². The number of hydrogen-bond acceptors (Lipinski definition) is 4. The molecule has 1 aromatic heterocycles. The van der Waals surface area contributed by atoms with Gasteiger partial charge in [0, 0.05) is 18.7 Å². The molecule has 1 amide bonds. The largest absolute Gasteiger partial charge is 0.326 e. The molecule has 0 spiro atoms. The van der Waals surface area contributed by atoms with Crippen molar-refractivity contribution in [2.75, 3.05) is 11.9 Å². The molecule has 0 bridgehead atoms. The minimum Gasteiger partial charge on any atom is -0.326 e. The molecule has 136 valence electrons. The number of hydrogen-bond donors (Lipinski definition) is 4. The van der Waals surface area contributed by atoms with E-state index in [9.17, 15) is 18.0 Å². The van der Waals surface area contributed by atoms with Crippen LogP contribution in [0, 0.1) is 6.92 Å². The number of carbonyl (C=O) groups is 1. The minimum absolute atomic E-state index is 0.0210. The van der Waals surface area contributed by atoms with Crippen molar-refractivity contribution in [1.29, 1.82) is 0 Å². The van der Waals surface area contributed by atoms with Gasteiger partial charge in [0.25, 0.3) is 0 Å². The van der Waals surface area contributed by atoms with Crippen LogP contribution in [0.15, 0.2) is 52.2 Å². The molecule has 9 heteroatoms. The Morgan fingerprint density at radius 3 is 2.46 bits per heavy atom. The van der Waals surface area contributed by atoms with Crippen LogP contribution in [-0.4, -0.2) is 30.8 Å². The summed E-state index contributed by atoms with van der Waals surface area (Å²) < 4.78 is 26.7. The Bertz CT molecular complexity index is 1100. The number of carbonyl (C=O) groups excluding carboxylic acids is 1. The van der Waals surface area contributed by atoms with Crippen molar-refractivity contribution < 1.29 is 13.2 Å². The number of anilines is 1. The van der Waals surface area contributed by atoms with E-state index in [2.05, 4.69) is 20.0 Å². The lowest BCUT2D eigenvalue weighted by atomic mass is 10.2. The molecule has 0 fully saturated rings. The number of aromatic nitrogens is 2. The second-order valence-electron chi connectivity index (χ2n) is 5.85. The molecule has 3 aromatic rings. The second-order valence-corrected chi connectivity index (χ2v) is 7.62. The Balaban J connectivity index is 1.56. The van der Waals surface area contributed by atoms with Gasteiger partial charge in [-0.1, -0.05) is 17.7 Å². The van der Waals surface area contributed by atoms with Gasteiger partial charge in [-0.05, 0) is 37.3 Å². The number of aromatic amines is 2. The summed E-state index contributed by atoms with van der Waals surface area (Å²) in [5, 5.41) is 2.67. The maximum Gasteiger partial charge on any atom is 0.323 e. The van der Waals surface area contributed by atoms with Crippen LogP contribution in [0.1, 0.15) is 12.0 Å². The first-order valence-electron chi connectivity index (χ1n) is 7.92. The number of benzene rings is 2. The molecule has 0 unspecified atom stereocenters. The van der Waals surface area contributed by atoms with Gasteiger partial charge in [-0.15, -0.1) is 0 Å². The van der Waals surface area contributed by atoms with E-state index in [0.29, 0.717) is 16.7 Å². The molecular formula is C17H18N4O4S. The van der Waals surface area contributed by atoms with Gasteiger partial charge >= 0.3 is 5.69 Å². The molecule has 0 atom stereocenters. The molecule has 0 aliphatic carbocycles. The summed E-state index contributed by atoms with van der Waals surface area (Å²) in [7, 11) is -3.65. The van der Waals surface area contributed by atoms with Crippen LogP contribution in [0.4, 0.5) is 5.69 Å². The van der Waals surface area contributed by atoms with E-state index >= 15 is 0 Å². The lowest BCUT2D eigenvalue weighted by Gasteiger charge is -2.08. The van der Waals surface area contributed by atoms with Gasteiger partial charge in [0.2, 0.25) is 15.9 Å². The van der Waals surface area contributed by atoms with Crippen molar-refractivity contribution in [1.82, 2.24) is 14.7 Å². The lowest BCUT2D eigenvalue weighted by molar-refractivity contribution is -0.116. The molecule has 1 heterocycles. The normalized spacial score (nSPS) is 11.6. The molecule has 0 saturated carbocycles. The van der Waals surface area contributed by atoms with E-state index in [-0.39, 0.29) is 29.5 Å². The van der Waals surface area contributed by atoms with Crippen LogP contribution in [0.3, 0.4) is 0 Å². The van der Waals surface area contributed by atoms with Crippen LogP contribution in [0.5, 0.6) is 0 Å². The molecule has 3 rings (SSSR count). The zero-order valence-corrected chi connectivity index (χ0v) is 14.8. The Morgan fingerprint density at radius 1 is 1.04 bits per heavy atom. The third kappa shape index (κ3) is 4.19. The summed E-state index contributed by atoms with van der Waals surface area (Å²) in [6.45, 7) is 1.85. The van der Waals surface area contributed by atoms with E-state index in [0.717, 1.165) is 5.56 Å². The first-order valence-corrected chi connectivity index (χ1v) is 9.40. The number of sulfonamides is 1. The third-order valence-corrected chi connectivity index (χ3v) is 5.25. The summed E-state index contributed by atoms with van der Waals surface area (Å²) in [6, 6.07) is 11.4. The van der Waals surface area contributed by atoms with Crippen molar-refractivity contribution in [3.63, 3.8) is 0 Å². The van der Waals surface area contributed by atoms with Crippen LogP contribution in [0.25, 0.3) is 11.0 Å². The molecule has 0 radical (unpaired) electrons. The highest BCUT2D eigenvalue weighted by Gasteiger charge is 2.14. The number of imidazole rings is 1. The highest BCUT2D eigenvalue weighted by molar-refractivity contribution is 7.89. The number of fused-ring (bicyclic) bond motifs is 1. The summed E-state index contributed by atoms with van der Waals surface area (Å²) in [4.78, 5) is 28.6. The number of H-pyrrole nitrogens is 2. The number of nitrogens with one attached hydrogen (secondary N) is 4. The summed E-state index contributed by atoms with van der Waals surface area (Å²) in [6.07, 6.45) is -0.0210. The topological polar surface area (TPSA) is 124 Å². The first-order chi connectivity index (χ1) is 12.3. The fraction of sp³-hybridized carbons (Fsp3) is 0.176. The SMILES string of the molecule is Cc1ccc(S(=O)(=O)NCCC(=O)Nc2ccc3[nH]c(=O)[nH]c3c2)cc1. The van der Waals surface area contributed by atoms with Gasteiger partial charge in [0.15, 0.2) is 0 Å². The Hall–Kier alpha value is -2.91. The maximum atomic E-state index is 12.2. The van der Waals surface area contributed by atoms with Crippen molar-refractivity contribution >= 4 is 32.7 Å². The quantitative estimate of drug-likeness (QED) is 0.521. The number of amides is 1. The second kappa shape index (κ2) is 7.14. The minimum atomic E-state index is -3.65. The van der Waals surface area contributed by atoms with Crippen LogP contribution < -0.4 is 15.7 Å². The monoisotopic (exact) mass is 374 g/mol. The maximum absolute atomic E-state index is 12.2. The van der Waals surface area contributed by atoms with E-state index in [1.165, 1.54) is 12.1 Å². The Morgan fingerprint density at radius 2 is 1.73 bits per heavy atom. The van der Waals surface area contributed by atoms with Gasteiger partial charge in [-0.3, -0.25) is 4.79 Å². The van der Waals surface area contributed by atoms with Crippen molar-refractivity contribution in [3.8, 4) is 0 Å². The summed E-state index contributed by atoms with van der Waals surface area (Å²) in [5.74, 6) is -0.339. The molecule has 26 heavy (non-hydrogen) atoms. The van der Waals surface area contributed by atoms with Crippen LogP contribution in [0.2, 0.25) is 0 Å². The lowest BCUT2D eigenvalue weighted by Crippen LogP contribution is -2.27. The van der Waals surface area contributed by atoms with E-state index < -0.39 is 10.0 Å². The average Bonchev–Trinajstić information content (AvgIpc) is 2.94. The highest BCUT2D eigenvalue weighted by atomic mass is 32.2. The smallest absolute Gasteiger partial charge is 0.323 e. The van der Waals surface area contributed by atoms with Gasteiger partial charge in [-0.2, -0.15) is 0 Å². The Labute approximate surface area is 149 Å². The molecule has 4 N–H and O–H groups in total. The highest BCUT2D eigenvalue weighted by Crippen LogP contribution is 2.15. The van der Waals surface area contributed by atoms with Crippen molar-refractivity contribution in [2.24, 2.45) is 0 Å². The van der Waals surface area contributed by atoms with Gasteiger partial charge < -0.3 is 15.3 Å². The molecule has 0 aliphatic heterocycles. The predicted molar refractivity (Wildman–Crippen MR) is 98.5 cm³/mol. The van der Waals surface area contributed by atoms with Gasteiger partial charge in [-0.25, -0.2) is 17.9 Å². The molecular weight excluding hydrogens is 356 g/mol. The zero-order valence-electron chi connectivity index (χ0n) is 14.0. The van der Waals surface area contributed by atoms with E-state index in [1.54, 1.807) is 30.3 Å². The fourth-order valence-electron chi connectivity index (χ4n) is 2.43. The van der Waals surface area contributed by atoms with Crippen LogP contribution in [-0.2, 0) is 14.8 Å². The molecule has 0 aliphatic rings. The molecule has 8 nitrogen and oxygen atoms in total. The first kappa shape index (κ1) is 17.9. The van der Waals surface area contributed by atoms with Crippen LogP contribution >= 0.6 is 0 Å². The Kier molecular flexibility index (Phi) is 4.92. The third-order valence-electron chi connectivity index (χ3n) is 3.78. The van der Waals surface area contributed by atoms with E-state index in [4.69, 9.17) is 0 Å². The predicted octanol–water partition coefficient (Wildman–Crippen LogP) is 1.47. The van der Waals surface area contributed by atoms with Crippen molar-refractivity contribution in [2.45, 2.75) is 18.2 Å².